The Morgan fingerprint density at radius 2 is 1.86 bits per heavy atom. The van der Waals surface area contributed by atoms with Crippen LogP contribution >= 0.6 is 0 Å². The average molecular weight is 289 g/mol. The summed E-state index contributed by atoms with van der Waals surface area (Å²) in [5.41, 5.74) is 7.40. The summed E-state index contributed by atoms with van der Waals surface area (Å²) in [5, 5.41) is 0. The van der Waals surface area contributed by atoms with Crippen LogP contribution in [0.3, 0.4) is 0 Å². The summed E-state index contributed by atoms with van der Waals surface area (Å²) in [6.07, 6.45) is 1.82. The van der Waals surface area contributed by atoms with Crippen LogP contribution in [0.25, 0.3) is 0 Å². The molecule has 5 nitrogen and oxygen atoms in total. The van der Waals surface area contributed by atoms with Gasteiger partial charge >= 0.3 is 0 Å². The van der Waals surface area contributed by atoms with Gasteiger partial charge in [0.25, 0.3) is 0 Å². The molecule has 1 aromatic carbocycles. The van der Waals surface area contributed by atoms with Crippen molar-refractivity contribution in [1.29, 1.82) is 0 Å². The fraction of sp³-hybridized carbons (Fsp3) is 0.500. The van der Waals surface area contributed by atoms with Gasteiger partial charge in [-0.3, -0.25) is 9.59 Å². The second-order valence-electron chi connectivity index (χ2n) is 5.76. The van der Waals surface area contributed by atoms with Crippen LogP contribution in [0.1, 0.15) is 18.4 Å². The Labute approximate surface area is 125 Å². The Bertz CT molecular complexity index is 520. The highest BCUT2D eigenvalue weighted by Crippen LogP contribution is 2.20. The van der Waals surface area contributed by atoms with E-state index >= 15 is 0 Å². The van der Waals surface area contributed by atoms with Gasteiger partial charge in [0.15, 0.2) is 0 Å². The van der Waals surface area contributed by atoms with E-state index in [1.807, 2.05) is 29.2 Å². The molecule has 0 unspecified atom stereocenters. The minimum Gasteiger partial charge on any atom is -0.398 e. The summed E-state index contributed by atoms with van der Waals surface area (Å²) in [6, 6.07) is 7.45. The van der Waals surface area contributed by atoms with E-state index in [-0.39, 0.29) is 17.7 Å². The number of rotatable bonds is 3. The molecule has 2 rings (SSSR count). The Hall–Kier alpha value is -2.04. The molecular formula is C16H23N3O2. The van der Waals surface area contributed by atoms with Crippen LogP contribution in [0, 0.1) is 5.92 Å². The van der Waals surface area contributed by atoms with Crippen molar-refractivity contribution in [3.05, 3.63) is 29.8 Å². The van der Waals surface area contributed by atoms with Crippen LogP contribution in [0.15, 0.2) is 24.3 Å². The molecule has 1 aliphatic rings. The Morgan fingerprint density at radius 3 is 2.43 bits per heavy atom. The predicted molar refractivity (Wildman–Crippen MR) is 82.6 cm³/mol. The van der Waals surface area contributed by atoms with Gasteiger partial charge in [-0.05, 0) is 24.5 Å². The number of para-hydroxylation sites is 1. The number of benzene rings is 1. The third-order valence-corrected chi connectivity index (χ3v) is 4.03. The number of anilines is 1. The first-order valence-corrected chi connectivity index (χ1v) is 7.31. The quantitative estimate of drug-likeness (QED) is 0.849. The van der Waals surface area contributed by atoms with Crippen LogP contribution in [0.5, 0.6) is 0 Å². The molecule has 1 aromatic rings. The molecule has 0 saturated carbocycles. The first-order chi connectivity index (χ1) is 9.99. The number of nitrogen functional groups attached to an aromatic ring is 1. The minimum absolute atomic E-state index is 0.0471. The lowest BCUT2D eigenvalue weighted by Crippen LogP contribution is -2.43. The maximum Gasteiger partial charge on any atom is 0.227 e. The van der Waals surface area contributed by atoms with Crippen molar-refractivity contribution in [3.8, 4) is 0 Å². The van der Waals surface area contributed by atoms with Gasteiger partial charge in [0, 0.05) is 38.8 Å². The zero-order valence-corrected chi connectivity index (χ0v) is 12.7. The topological polar surface area (TPSA) is 66.6 Å². The fourth-order valence-electron chi connectivity index (χ4n) is 2.71. The zero-order valence-electron chi connectivity index (χ0n) is 12.7. The molecule has 0 bridgehead atoms. The Morgan fingerprint density at radius 1 is 1.24 bits per heavy atom. The van der Waals surface area contributed by atoms with Crippen molar-refractivity contribution < 1.29 is 9.59 Å². The number of hydrogen-bond donors (Lipinski definition) is 1. The molecule has 0 atom stereocenters. The molecule has 2 N–H and O–H groups in total. The molecule has 1 aliphatic heterocycles. The molecule has 0 radical (unpaired) electrons. The lowest BCUT2D eigenvalue weighted by Gasteiger charge is -2.32. The number of likely N-dealkylation sites (tertiary alicyclic amines) is 1. The molecule has 5 heteroatoms. The average Bonchev–Trinajstić information content (AvgIpc) is 2.49. The van der Waals surface area contributed by atoms with Crippen LogP contribution in [0.4, 0.5) is 5.69 Å². The first-order valence-electron chi connectivity index (χ1n) is 7.31. The van der Waals surface area contributed by atoms with Gasteiger partial charge in [0.1, 0.15) is 0 Å². The molecule has 1 saturated heterocycles. The van der Waals surface area contributed by atoms with E-state index in [0.717, 1.165) is 18.4 Å². The van der Waals surface area contributed by atoms with Gasteiger partial charge in [-0.15, -0.1) is 0 Å². The number of piperidine rings is 1. The lowest BCUT2D eigenvalue weighted by molar-refractivity contribution is -0.138. The molecule has 0 aliphatic carbocycles. The van der Waals surface area contributed by atoms with E-state index in [4.69, 9.17) is 5.73 Å². The molecule has 0 spiro atoms. The van der Waals surface area contributed by atoms with Crippen LogP contribution in [-0.4, -0.2) is 48.8 Å². The van der Waals surface area contributed by atoms with Crippen LogP contribution in [-0.2, 0) is 16.0 Å². The van der Waals surface area contributed by atoms with Gasteiger partial charge in [0.2, 0.25) is 11.8 Å². The van der Waals surface area contributed by atoms with Gasteiger partial charge in [-0.1, -0.05) is 18.2 Å². The van der Waals surface area contributed by atoms with E-state index in [9.17, 15) is 9.59 Å². The minimum atomic E-state index is 0.0471. The third kappa shape index (κ3) is 3.74. The Kier molecular flexibility index (Phi) is 4.83. The summed E-state index contributed by atoms with van der Waals surface area (Å²) in [4.78, 5) is 27.7. The monoisotopic (exact) mass is 289 g/mol. The second kappa shape index (κ2) is 6.61. The van der Waals surface area contributed by atoms with Gasteiger partial charge < -0.3 is 15.5 Å². The molecule has 114 valence electrons. The zero-order chi connectivity index (χ0) is 15.4. The van der Waals surface area contributed by atoms with E-state index in [2.05, 4.69) is 0 Å². The third-order valence-electron chi connectivity index (χ3n) is 4.03. The van der Waals surface area contributed by atoms with Crippen molar-refractivity contribution in [3.63, 3.8) is 0 Å². The number of hydrogen-bond acceptors (Lipinski definition) is 3. The van der Waals surface area contributed by atoms with E-state index in [1.54, 1.807) is 19.0 Å². The number of nitrogens with two attached hydrogens (primary N) is 1. The Balaban J connectivity index is 1.89. The molecular weight excluding hydrogens is 266 g/mol. The fourth-order valence-corrected chi connectivity index (χ4v) is 2.71. The lowest BCUT2D eigenvalue weighted by atomic mass is 9.95. The standard InChI is InChI=1S/C16H23N3O2/c1-18(2)16(21)12-7-9-19(10-8-12)15(20)11-13-5-3-4-6-14(13)17/h3-6,12H,7-11,17H2,1-2H3. The van der Waals surface area contributed by atoms with Gasteiger partial charge in [-0.2, -0.15) is 0 Å². The van der Waals surface area contributed by atoms with Crippen LogP contribution < -0.4 is 5.73 Å². The van der Waals surface area contributed by atoms with E-state index < -0.39 is 0 Å². The summed E-state index contributed by atoms with van der Waals surface area (Å²) in [5.74, 6) is 0.295. The molecule has 1 fully saturated rings. The van der Waals surface area contributed by atoms with Crippen LogP contribution in [0.2, 0.25) is 0 Å². The summed E-state index contributed by atoms with van der Waals surface area (Å²) >= 11 is 0. The highest BCUT2D eigenvalue weighted by molar-refractivity contribution is 5.81. The molecule has 0 aromatic heterocycles. The van der Waals surface area contributed by atoms with Crippen molar-refractivity contribution >= 4 is 17.5 Å². The molecule has 1 heterocycles. The second-order valence-corrected chi connectivity index (χ2v) is 5.76. The molecule has 2 amide bonds. The van der Waals surface area contributed by atoms with E-state index in [1.165, 1.54) is 0 Å². The highest BCUT2D eigenvalue weighted by atomic mass is 16.2. The highest BCUT2D eigenvalue weighted by Gasteiger charge is 2.28. The maximum atomic E-state index is 12.3. The largest absolute Gasteiger partial charge is 0.398 e. The van der Waals surface area contributed by atoms with Crippen molar-refractivity contribution in [1.82, 2.24) is 9.80 Å². The number of carbonyl (C=O) groups is 2. The van der Waals surface area contributed by atoms with E-state index in [0.29, 0.717) is 25.2 Å². The normalized spacial score (nSPS) is 15.8. The molecule has 21 heavy (non-hydrogen) atoms. The number of carbonyl (C=O) groups excluding carboxylic acids is 2. The SMILES string of the molecule is CN(C)C(=O)C1CCN(C(=O)Cc2ccccc2N)CC1. The predicted octanol–water partition coefficient (Wildman–Crippen LogP) is 1.14. The first kappa shape index (κ1) is 15.4. The number of amides is 2. The summed E-state index contributed by atoms with van der Waals surface area (Å²) < 4.78 is 0. The number of nitrogens with zero attached hydrogens (tertiary/aromatic N) is 2. The summed E-state index contributed by atoms with van der Waals surface area (Å²) in [7, 11) is 3.55. The maximum absolute atomic E-state index is 12.3. The van der Waals surface area contributed by atoms with Gasteiger partial charge in [0.05, 0.1) is 6.42 Å². The van der Waals surface area contributed by atoms with Crippen molar-refractivity contribution in [2.24, 2.45) is 5.92 Å². The van der Waals surface area contributed by atoms with Gasteiger partial charge in [-0.25, -0.2) is 0 Å². The summed E-state index contributed by atoms with van der Waals surface area (Å²) in [6.45, 7) is 1.30. The smallest absolute Gasteiger partial charge is 0.227 e. The van der Waals surface area contributed by atoms with Crippen molar-refractivity contribution in [2.45, 2.75) is 19.3 Å². The van der Waals surface area contributed by atoms with Crippen molar-refractivity contribution in [2.75, 3.05) is 32.9 Å².